The minimum Gasteiger partial charge on any atom is -0.459 e. The lowest BCUT2D eigenvalue weighted by Gasteiger charge is -2.50. The molecule has 17 heteroatoms. The van der Waals surface area contributed by atoms with E-state index in [1.165, 1.54) is 11.1 Å². The highest BCUT2D eigenvalue weighted by atomic mass is 35.5. The number of carbonyl (C=O) groups is 3. The Morgan fingerprint density at radius 2 is 1.35 bits per heavy atom. The van der Waals surface area contributed by atoms with Crippen molar-refractivity contribution in [1.82, 2.24) is 21.5 Å². The van der Waals surface area contributed by atoms with Crippen LogP contribution in [-0.4, -0.2) is 106 Å². The molecule has 80 heavy (non-hydrogen) atoms. The summed E-state index contributed by atoms with van der Waals surface area (Å²) in [5.74, 6) is 3.30. The number of benzene rings is 6. The fourth-order valence-electron chi connectivity index (χ4n) is 12.5. The summed E-state index contributed by atoms with van der Waals surface area (Å²) in [4.78, 5) is 48.7. The molecular formula is C63H69Cl2N9O6. The van der Waals surface area contributed by atoms with Gasteiger partial charge in [0.1, 0.15) is 11.9 Å². The number of hydrogen-bond donors (Lipinski definition) is 4. The highest BCUT2D eigenvalue weighted by Gasteiger charge is 2.56. The number of fused-ring (bicyclic) bond motifs is 7. The van der Waals surface area contributed by atoms with Crippen LogP contribution in [0.4, 0.5) is 5.69 Å². The lowest BCUT2D eigenvalue weighted by Crippen LogP contribution is -2.45. The zero-order valence-corrected chi connectivity index (χ0v) is 46.7. The zero-order valence-electron chi connectivity index (χ0n) is 45.2. The van der Waals surface area contributed by atoms with E-state index in [0.29, 0.717) is 59.2 Å². The van der Waals surface area contributed by atoms with Crippen LogP contribution >= 0.6 is 23.2 Å². The van der Waals surface area contributed by atoms with Crippen LogP contribution in [0, 0.1) is 17.3 Å². The van der Waals surface area contributed by atoms with Gasteiger partial charge in [0.25, 0.3) is 0 Å². The highest BCUT2D eigenvalue weighted by molar-refractivity contribution is 6.21. The predicted molar refractivity (Wildman–Crippen MR) is 320 cm³/mol. The second-order valence-electron chi connectivity index (χ2n) is 21.2. The SMILES string of the molecule is C(=N/NC1=NCCN1)/c1c2ccccc2c(/C=N\NC2=NCCN2)c2ccccc12.C[C@]12CC[C@@H]3c4ccc(OC(=O)c5ccccc5)cc4CC[C@H]3[C@@H]1CC[C@@H]2OC(=O)COC(=O)CCCc1ccc(N(CCCl)CCCl)cc1. The standard InChI is InChI=1S/C41H47Cl2NO6.C22H22N8/c1-41-21-20-34-33-17-15-32(49-40(47)29-7-3-2-4-8-29)26-30(33)12-16-35(34)36(41)18-19-37(41)50-39(46)27-48-38(45)9-5-6-28-10-13-31(14-11-28)44(24-22-42)25-23-43;1-2-6-16-15(5-1)19(13-27-29-21-23-9-10-24-21)17-7-3-4-8-18(17)20(16)14-28-30-22-25-11-12-26-22/h2-4,7-8,10-11,13-15,17,26,34-37H,5-6,9,12,16,18-25,27H2,1H3;1-8,13-14H,9-12H2,(H2,23,24,29)(H2,25,26,30)/b;27-13-,28-14-/t34-,35-,36+,37+,41+;/m1./s1. The molecule has 2 saturated carbocycles. The summed E-state index contributed by atoms with van der Waals surface area (Å²) >= 11 is 11.9. The van der Waals surface area contributed by atoms with E-state index >= 15 is 0 Å². The number of ether oxygens (including phenoxy) is 3. The van der Waals surface area contributed by atoms with Gasteiger partial charge in [-0.05, 0) is 144 Å². The Morgan fingerprint density at radius 3 is 1.94 bits per heavy atom. The number of rotatable bonds is 18. The maximum absolute atomic E-state index is 12.9. The van der Waals surface area contributed by atoms with Crippen molar-refractivity contribution < 1.29 is 28.6 Å². The van der Waals surface area contributed by atoms with E-state index < -0.39 is 5.97 Å². The number of nitrogens with one attached hydrogen (secondary N) is 4. The van der Waals surface area contributed by atoms with E-state index in [1.807, 2.05) is 67.0 Å². The second-order valence-corrected chi connectivity index (χ2v) is 21.9. The molecule has 15 nitrogen and oxygen atoms in total. The Kier molecular flexibility index (Phi) is 18.6. The summed E-state index contributed by atoms with van der Waals surface area (Å²) in [7, 11) is 0. The molecule has 6 aromatic rings. The molecule has 2 heterocycles. The minimum atomic E-state index is -0.465. The molecule has 3 aliphatic carbocycles. The van der Waals surface area contributed by atoms with Crippen LogP contribution in [-0.2, 0) is 31.9 Å². The molecule has 6 aromatic carbocycles. The summed E-state index contributed by atoms with van der Waals surface area (Å²) in [5, 5.41) is 19.6. The molecule has 0 amide bonds. The van der Waals surface area contributed by atoms with E-state index in [-0.39, 0.29) is 36.5 Å². The van der Waals surface area contributed by atoms with Crippen molar-refractivity contribution in [2.45, 2.75) is 76.7 Å². The largest absolute Gasteiger partial charge is 0.459 e. The second kappa shape index (κ2) is 26.6. The highest BCUT2D eigenvalue weighted by Crippen LogP contribution is 2.61. The van der Waals surface area contributed by atoms with Crippen molar-refractivity contribution in [2.75, 3.05) is 62.5 Å². The number of hydrogen-bond acceptors (Lipinski definition) is 15. The van der Waals surface area contributed by atoms with Gasteiger partial charge in [0.15, 0.2) is 6.61 Å². The molecule has 5 atom stereocenters. The number of esters is 3. The number of carbonyl (C=O) groups excluding carboxylic acids is 3. The average Bonchev–Trinajstić information content (AvgIpc) is 4.23. The fourth-order valence-corrected chi connectivity index (χ4v) is 12.9. The van der Waals surface area contributed by atoms with Gasteiger partial charge >= 0.3 is 17.9 Å². The molecule has 4 N–H and O–H groups in total. The third-order valence-electron chi connectivity index (χ3n) is 16.4. The topological polar surface area (TPSA) is 180 Å². The van der Waals surface area contributed by atoms with E-state index in [2.05, 4.69) is 108 Å². The number of alkyl halides is 2. The molecule has 0 aromatic heterocycles. The van der Waals surface area contributed by atoms with Crippen molar-refractivity contribution in [3.05, 3.63) is 155 Å². The molecule has 0 unspecified atom stereocenters. The number of anilines is 1. The molecule has 0 spiro atoms. The Balaban J connectivity index is 0.000000203. The quantitative estimate of drug-likeness (QED) is 0.0161. The molecule has 0 radical (unpaired) electrons. The Hall–Kier alpha value is -7.49. The van der Waals surface area contributed by atoms with Gasteiger partial charge in [0, 0.05) is 66.6 Å². The Labute approximate surface area is 477 Å². The molecule has 0 saturated heterocycles. The van der Waals surface area contributed by atoms with Crippen LogP contribution in [0.1, 0.15) is 96.0 Å². The van der Waals surface area contributed by atoms with E-state index in [1.54, 1.807) is 12.1 Å². The van der Waals surface area contributed by atoms with Gasteiger partial charge < -0.3 is 29.7 Å². The summed E-state index contributed by atoms with van der Waals surface area (Å²) < 4.78 is 17.1. The minimum absolute atomic E-state index is 0.0932. The zero-order chi connectivity index (χ0) is 55.3. The van der Waals surface area contributed by atoms with E-state index in [9.17, 15) is 14.4 Å². The maximum Gasteiger partial charge on any atom is 0.344 e. The van der Waals surface area contributed by atoms with Gasteiger partial charge in [-0.2, -0.15) is 10.2 Å². The molecule has 416 valence electrons. The third kappa shape index (κ3) is 13.2. The molecule has 11 rings (SSSR count). The number of aryl methyl sites for hydroxylation is 2. The maximum atomic E-state index is 12.9. The third-order valence-corrected chi connectivity index (χ3v) is 16.7. The lowest BCUT2D eigenvalue weighted by atomic mass is 9.55. The van der Waals surface area contributed by atoms with Crippen LogP contribution in [0.25, 0.3) is 21.5 Å². The van der Waals surface area contributed by atoms with Crippen molar-refractivity contribution in [2.24, 2.45) is 37.4 Å². The molecule has 0 bridgehead atoms. The summed E-state index contributed by atoms with van der Waals surface area (Å²) in [5.41, 5.74) is 13.4. The number of nitrogens with zero attached hydrogens (tertiary/aromatic N) is 5. The fraction of sp³-hybridized carbons (Fsp3) is 0.381. The Morgan fingerprint density at radius 1 is 0.738 bits per heavy atom. The van der Waals surface area contributed by atoms with Crippen LogP contribution < -0.4 is 31.1 Å². The summed E-state index contributed by atoms with van der Waals surface area (Å²) in [6.07, 6.45) is 11.0. The van der Waals surface area contributed by atoms with Crippen LogP contribution in [0.2, 0.25) is 0 Å². The van der Waals surface area contributed by atoms with Crippen molar-refractivity contribution in [1.29, 1.82) is 0 Å². The van der Waals surface area contributed by atoms with Crippen molar-refractivity contribution in [3.63, 3.8) is 0 Å². The first-order valence-corrected chi connectivity index (χ1v) is 29.0. The van der Waals surface area contributed by atoms with E-state index in [4.69, 9.17) is 37.4 Å². The van der Waals surface area contributed by atoms with Gasteiger partial charge in [0.2, 0.25) is 11.9 Å². The number of halogens is 2. The lowest BCUT2D eigenvalue weighted by molar-refractivity contribution is -0.168. The predicted octanol–water partition coefficient (Wildman–Crippen LogP) is 10.3. The van der Waals surface area contributed by atoms with Crippen molar-refractivity contribution in [3.8, 4) is 5.75 Å². The van der Waals surface area contributed by atoms with Gasteiger partial charge in [-0.3, -0.25) is 4.79 Å². The smallest absolute Gasteiger partial charge is 0.344 e. The average molecular weight is 1120 g/mol. The molecule has 2 fully saturated rings. The number of aliphatic imine (C=N–C) groups is 2. The van der Waals surface area contributed by atoms with Gasteiger partial charge in [-0.25, -0.2) is 30.4 Å². The monoisotopic (exact) mass is 1120 g/mol. The molecule has 5 aliphatic rings. The first kappa shape index (κ1) is 55.8. The first-order valence-electron chi connectivity index (χ1n) is 28.0. The van der Waals surface area contributed by atoms with Gasteiger partial charge in [0.05, 0.1) is 31.1 Å². The van der Waals surface area contributed by atoms with Crippen molar-refractivity contribution >= 4 is 92.7 Å². The normalized spacial score (nSPS) is 20.8. The van der Waals surface area contributed by atoms with Gasteiger partial charge in [-0.1, -0.05) is 91.9 Å². The molecular weight excluding hydrogens is 1050 g/mol. The van der Waals surface area contributed by atoms with E-state index in [0.717, 1.165) is 128 Å². The van der Waals surface area contributed by atoms with Crippen LogP contribution in [0.3, 0.4) is 0 Å². The number of hydrazone groups is 2. The summed E-state index contributed by atoms with van der Waals surface area (Å²) in [6.45, 7) is 6.63. The van der Waals surface area contributed by atoms with Crippen LogP contribution in [0.5, 0.6) is 5.75 Å². The first-order chi connectivity index (χ1) is 39.2. The van der Waals surface area contributed by atoms with Crippen LogP contribution in [0.15, 0.2) is 142 Å². The molecule has 2 aliphatic heterocycles. The van der Waals surface area contributed by atoms with Gasteiger partial charge in [-0.15, -0.1) is 23.2 Å². The Bertz CT molecular complexity index is 3130. The summed E-state index contributed by atoms with van der Waals surface area (Å²) in [6, 6.07) is 40.0. The number of guanidine groups is 2.